The molecule has 0 aliphatic carbocycles. The van der Waals surface area contributed by atoms with Gasteiger partial charge in [-0.3, -0.25) is 4.79 Å². The minimum Gasteiger partial charge on any atom is -0.464 e. The minimum atomic E-state index is -3.93. The number of carbonyl (C=O) groups is 1. The van der Waals surface area contributed by atoms with E-state index in [1.54, 1.807) is 36.9 Å². The second-order valence-electron chi connectivity index (χ2n) is 8.87. The molecular formula is C28H30N2O4S. The summed E-state index contributed by atoms with van der Waals surface area (Å²) in [6.07, 6.45) is 0. The lowest BCUT2D eigenvalue weighted by Crippen LogP contribution is -2.45. The van der Waals surface area contributed by atoms with Crippen LogP contribution in [-0.4, -0.2) is 36.1 Å². The Labute approximate surface area is 206 Å². The Hall–Kier alpha value is -3.42. The third-order valence-electron chi connectivity index (χ3n) is 5.92. The predicted octanol–water partition coefficient (Wildman–Crippen LogP) is 5.37. The number of rotatable bonds is 9. The molecule has 1 amide bonds. The molecule has 0 N–H and O–H groups in total. The third kappa shape index (κ3) is 5.63. The molecule has 7 heteroatoms. The topological polar surface area (TPSA) is 70.8 Å². The molecule has 0 saturated heterocycles. The van der Waals surface area contributed by atoms with Gasteiger partial charge in [0.25, 0.3) is 0 Å². The highest BCUT2D eigenvalue weighted by molar-refractivity contribution is 7.89. The number of carbonyl (C=O) groups excluding carboxylic acids is 1. The van der Waals surface area contributed by atoms with Crippen molar-refractivity contribution in [3.63, 3.8) is 0 Å². The Kier molecular flexibility index (Phi) is 7.38. The van der Waals surface area contributed by atoms with E-state index in [-0.39, 0.29) is 23.9 Å². The maximum atomic E-state index is 13.8. The second-order valence-corrected chi connectivity index (χ2v) is 10.7. The van der Waals surface area contributed by atoms with Gasteiger partial charge in [-0.15, -0.1) is 0 Å². The van der Waals surface area contributed by atoms with Gasteiger partial charge >= 0.3 is 0 Å². The van der Waals surface area contributed by atoms with Gasteiger partial charge < -0.3 is 9.32 Å². The average molecular weight is 491 g/mol. The van der Waals surface area contributed by atoms with Crippen molar-refractivity contribution in [3.8, 4) is 0 Å². The molecule has 0 bridgehead atoms. The lowest BCUT2D eigenvalue weighted by Gasteiger charge is -2.29. The summed E-state index contributed by atoms with van der Waals surface area (Å²) in [5, 5.41) is 1.47. The van der Waals surface area contributed by atoms with E-state index in [4.69, 9.17) is 4.42 Å². The van der Waals surface area contributed by atoms with Crippen LogP contribution in [-0.2, 0) is 27.9 Å². The first kappa shape index (κ1) is 24.7. The largest absolute Gasteiger partial charge is 0.464 e. The maximum Gasteiger partial charge on any atom is 0.244 e. The zero-order valence-electron chi connectivity index (χ0n) is 20.2. The number of sulfonamides is 1. The van der Waals surface area contributed by atoms with E-state index in [0.29, 0.717) is 17.7 Å². The average Bonchev–Trinajstić information content (AvgIpc) is 3.26. The Morgan fingerprint density at radius 3 is 2.23 bits per heavy atom. The minimum absolute atomic E-state index is 0.202. The fraction of sp³-hybridized carbons (Fsp3) is 0.250. The fourth-order valence-corrected chi connectivity index (χ4v) is 5.92. The van der Waals surface area contributed by atoms with Gasteiger partial charge in [0.05, 0.1) is 18.0 Å². The molecule has 3 aromatic carbocycles. The van der Waals surface area contributed by atoms with Crippen LogP contribution in [0.5, 0.6) is 0 Å². The molecule has 0 atom stereocenters. The Bertz CT molecular complexity index is 1410. The van der Waals surface area contributed by atoms with Crippen LogP contribution in [0.1, 0.15) is 30.9 Å². The quantitative estimate of drug-likeness (QED) is 0.316. The maximum absolute atomic E-state index is 13.8. The first-order chi connectivity index (χ1) is 16.8. The van der Waals surface area contributed by atoms with Crippen molar-refractivity contribution >= 4 is 26.7 Å². The first-order valence-corrected chi connectivity index (χ1v) is 13.1. The predicted molar refractivity (Wildman–Crippen MR) is 137 cm³/mol. The van der Waals surface area contributed by atoms with Gasteiger partial charge in [0.15, 0.2) is 0 Å². The SMILES string of the molecule is Cc1ccc(CN(Cc2ccccc2)C(=O)CN(C(C)C)S(=O)(=O)c2cccc3ccccc23)o1. The van der Waals surface area contributed by atoms with E-state index in [1.165, 1.54) is 4.31 Å². The fourth-order valence-electron chi connectivity index (χ4n) is 4.12. The van der Waals surface area contributed by atoms with Crippen molar-refractivity contribution in [2.24, 2.45) is 0 Å². The number of amides is 1. The van der Waals surface area contributed by atoms with E-state index < -0.39 is 16.1 Å². The van der Waals surface area contributed by atoms with E-state index in [2.05, 4.69) is 0 Å². The van der Waals surface area contributed by atoms with Crippen LogP contribution in [0.15, 0.2) is 94.2 Å². The van der Waals surface area contributed by atoms with Crippen molar-refractivity contribution in [2.75, 3.05) is 6.54 Å². The van der Waals surface area contributed by atoms with E-state index in [1.807, 2.05) is 73.7 Å². The van der Waals surface area contributed by atoms with E-state index in [9.17, 15) is 13.2 Å². The molecule has 0 fully saturated rings. The summed E-state index contributed by atoms with van der Waals surface area (Å²) in [4.78, 5) is 15.4. The second kappa shape index (κ2) is 10.5. The summed E-state index contributed by atoms with van der Waals surface area (Å²) in [6, 6.07) is 25.5. The standard InChI is InChI=1S/C28H30N2O4S/c1-21(2)30(35(32,33)27-15-9-13-24-12-7-8-14-26(24)27)20-28(31)29(18-23-10-5-4-6-11-23)19-25-17-16-22(3)34-25/h4-17,21H,18-20H2,1-3H3. The summed E-state index contributed by atoms with van der Waals surface area (Å²) in [5.41, 5.74) is 0.956. The summed E-state index contributed by atoms with van der Waals surface area (Å²) >= 11 is 0. The summed E-state index contributed by atoms with van der Waals surface area (Å²) < 4.78 is 34.6. The van der Waals surface area contributed by atoms with Crippen molar-refractivity contribution in [1.82, 2.24) is 9.21 Å². The van der Waals surface area contributed by atoms with Crippen molar-refractivity contribution < 1.29 is 17.6 Å². The number of nitrogens with zero attached hydrogens (tertiary/aromatic N) is 2. The van der Waals surface area contributed by atoms with Crippen LogP contribution in [0, 0.1) is 6.92 Å². The lowest BCUT2D eigenvalue weighted by molar-refractivity contribution is -0.133. The van der Waals surface area contributed by atoms with Crippen LogP contribution in [0.3, 0.4) is 0 Å². The van der Waals surface area contributed by atoms with Crippen molar-refractivity contribution in [1.29, 1.82) is 0 Å². The Morgan fingerprint density at radius 2 is 1.54 bits per heavy atom. The molecule has 0 saturated carbocycles. The molecule has 0 unspecified atom stereocenters. The molecule has 0 aliphatic heterocycles. The number of benzene rings is 3. The smallest absolute Gasteiger partial charge is 0.244 e. The van der Waals surface area contributed by atoms with E-state index in [0.717, 1.165) is 16.7 Å². The zero-order chi connectivity index (χ0) is 25.0. The first-order valence-electron chi connectivity index (χ1n) is 11.6. The molecule has 1 aromatic heterocycles. The molecule has 182 valence electrons. The number of aryl methyl sites for hydroxylation is 1. The van der Waals surface area contributed by atoms with E-state index >= 15 is 0 Å². The lowest BCUT2D eigenvalue weighted by atomic mass is 10.1. The van der Waals surface area contributed by atoms with Gasteiger partial charge in [-0.05, 0) is 49.9 Å². The van der Waals surface area contributed by atoms with Crippen LogP contribution in [0.4, 0.5) is 0 Å². The molecule has 0 aliphatic rings. The van der Waals surface area contributed by atoms with Crippen LogP contribution in [0.2, 0.25) is 0 Å². The van der Waals surface area contributed by atoms with Crippen LogP contribution < -0.4 is 0 Å². The number of fused-ring (bicyclic) bond motifs is 1. The van der Waals surface area contributed by atoms with Gasteiger partial charge in [-0.2, -0.15) is 4.31 Å². The summed E-state index contributed by atoms with van der Waals surface area (Å²) in [7, 11) is -3.93. The highest BCUT2D eigenvalue weighted by Crippen LogP contribution is 2.27. The molecule has 0 radical (unpaired) electrons. The molecule has 4 rings (SSSR count). The van der Waals surface area contributed by atoms with Crippen molar-refractivity contribution in [3.05, 3.63) is 102 Å². The van der Waals surface area contributed by atoms with Gasteiger partial charge in [-0.1, -0.05) is 66.7 Å². The van der Waals surface area contributed by atoms with Gasteiger partial charge in [0.2, 0.25) is 15.9 Å². The van der Waals surface area contributed by atoms with Gasteiger partial charge in [0.1, 0.15) is 11.5 Å². The third-order valence-corrected chi connectivity index (χ3v) is 8.00. The molecule has 0 spiro atoms. The van der Waals surface area contributed by atoms with Crippen LogP contribution >= 0.6 is 0 Å². The monoisotopic (exact) mass is 490 g/mol. The molecule has 6 nitrogen and oxygen atoms in total. The number of hydrogen-bond acceptors (Lipinski definition) is 4. The Balaban J connectivity index is 1.65. The summed E-state index contributed by atoms with van der Waals surface area (Å²) in [5.74, 6) is 1.12. The van der Waals surface area contributed by atoms with Crippen molar-refractivity contribution in [2.45, 2.75) is 44.8 Å². The molecule has 35 heavy (non-hydrogen) atoms. The number of furan rings is 1. The Morgan fingerprint density at radius 1 is 0.857 bits per heavy atom. The molecular weight excluding hydrogens is 460 g/mol. The normalized spacial score (nSPS) is 11.9. The van der Waals surface area contributed by atoms with Gasteiger partial charge in [0, 0.05) is 18.0 Å². The zero-order valence-corrected chi connectivity index (χ0v) is 21.0. The highest BCUT2D eigenvalue weighted by Gasteiger charge is 2.32. The van der Waals surface area contributed by atoms with Gasteiger partial charge in [-0.25, -0.2) is 8.42 Å². The highest BCUT2D eigenvalue weighted by atomic mass is 32.2. The molecule has 1 heterocycles. The summed E-state index contributed by atoms with van der Waals surface area (Å²) in [6.45, 7) is 5.75. The molecule has 4 aromatic rings. The number of hydrogen-bond donors (Lipinski definition) is 0. The van der Waals surface area contributed by atoms with Crippen LogP contribution in [0.25, 0.3) is 10.8 Å².